The highest BCUT2D eigenvalue weighted by Crippen LogP contribution is 2.29. The van der Waals surface area contributed by atoms with Crippen LogP contribution in [0.5, 0.6) is 11.5 Å². The number of ether oxygens (including phenoxy) is 2. The van der Waals surface area contributed by atoms with Crippen molar-refractivity contribution in [2.45, 2.75) is 32.9 Å². The summed E-state index contributed by atoms with van der Waals surface area (Å²) in [6.45, 7) is 7.94. The number of carbonyl (C=O) groups is 2. The van der Waals surface area contributed by atoms with Crippen molar-refractivity contribution >= 4 is 24.2 Å². The zero-order valence-corrected chi connectivity index (χ0v) is 16.5. The summed E-state index contributed by atoms with van der Waals surface area (Å²) in [5.74, 6) is 0.639. The quantitative estimate of drug-likeness (QED) is 0.774. The number of rotatable bonds is 6. The third kappa shape index (κ3) is 5.78. The smallest absolute Gasteiger partial charge is 0.258 e. The molecule has 1 aliphatic heterocycles. The van der Waals surface area contributed by atoms with Gasteiger partial charge in [0.2, 0.25) is 0 Å². The van der Waals surface area contributed by atoms with Gasteiger partial charge in [-0.3, -0.25) is 9.59 Å². The van der Waals surface area contributed by atoms with Gasteiger partial charge < -0.3 is 25.0 Å². The van der Waals surface area contributed by atoms with Crippen LogP contribution in [0.3, 0.4) is 0 Å². The standard InChI is InChI=1S/C18H27N3O4.ClH/c1-12(2)20-17(22)11-25-15-6-5-14(9-16(15)24-4)18(23)21-8-7-19-10-13(21)3;/h5-6,9,12-13,19H,7-8,10-11H2,1-4H3,(H,20,22);1H. The minimum Gasteiger partial charge on any atom is -0.493 e. The first-order valence-electron chi connectivity index (χ1n) is 8.54. The van der Waals surface area contributed by atoms with E-state index in [1.165, 1.54) is 7.11 Å². The van der Waals surface area contributed by atoms with E-state index in [1.807, 2.05) is 25.7 Å². The zero-order valence-electron chi connectivity index (χ0n) is 15.7. The first-order valence-corrected chi connectivity index (χ1v) is 8.54. The van der Waals surface area contributed by atoms with Crippen molar-refractivity contribution in [1.82, 2.24) is 15.5 Å². The second-order valence-electron chi connectivity index (χ2n) is 6.43. The lowest BCUT2D eigenvalue weighted by atomic mass is 10.1. The van der Waals surface area contributed by atoms with Crippen LogP contribution in [0.1, 0.15) is 31.1 Å². The van der Waals surface area contributed by atoms with Gasteiger partial charge in [0, 0.05) is 37.3 Å². The molecule has 2 amide bonds. The molecule has 0 radical (unpaired) electrons. The SMILES string of the molecule is COc1cc(C(=O)N2CCNCC2C)ccc1OCC(=O)NC(C)C.Cl. The zero-order chi connectivity index (χ0) is 18.4. The van der Waals surface area contributed by atoms with Gasteiger partial charge in [0.15, 0.2) is 18.1 Å². The maximum Gasteiger partial charge on any atom is 0.258 e. The fraction of sp³-hybridized carbons (Fsp3) is 0.556. The van der Waals surface area contributed by atoms with E-state index >= 15 is 0 Å². The molecule has 8 heteroatoms. The number of carbonyl (C=O) groups excluding carboxylic acids is 2. The van der Waals surface area contributed by atoms with Gasteiger partial charge in [0.05, 0.1) is 7.11 Å². The third-order valence-corrected chi connectivity index (χ3v) is 3.98. The van der Waals surface area contributed by atoms with Crippen LogP contribution in [0, 0.1) is 0 Å². The number of piperazine rings is 1. The number of nitrogens with zero attached hydrogens (tertiary/aromatic N) is 1. The van der Waals surface area contributed by atoms with E-state index in [4.69, 9.17) is 9.47 Å². The summed E-state index contributed by atoms with van der Waals surface area (Å²) in [6.07, 6.45) is 0. The van der Waals surface area contributed by atoms with Gasteiger partial charge in [-0.25, -0.2) is 0 Å². The molecule has 26 heavy (non-hydrogen) atoms. The van der Waals surface area contributed by atoms with Gasteiger partial charge >= 0.3 is 0 Å². The lowest BCUT2D eigenvalue weighted by molar-refractivity contribution is -0.123. The third-order valence-electron chi connectivity index (χ3n) is 3.98. The van der Waals surface area contributed by atoms with Crippen molar-refractivity contribution in [3.05, 3.63) is 23.8 Å². The summed E-state index contributed by atoms with van der Waals surface area (Å²) < 4.78 is 10.8. The summed E-state index contributed by atoms with van der Waals surface area (Å²) in [7, 11) is 1.51. The largest absolute Gasteiger partial charge is 0.493 e. The predicted molar refractivity (Wildman–Crippen MR) is 102 cm³/mol. The summed E-state index contributed by atoms with van der Waals surface area (Å²) in [6, 6.07) is 5.23. The maximum atomic E-state index is 12.7. The molecule has 1 aliphatic rings. The molecular weight excluding hydrogens is 358 g/mol. The van der Waals surface area contributed by atoms with E-state index in [9.17, 15) is 9.59 Å². The number of benzene rings is 1. The Hall–Kier alpha value is -1.99. The Bertz CT molecular complexity index is 624. The van der Waals surface area contributed by atoms with Crippen LogP contribution in [0.15, 0.2) is 18.2 Å². The number of halogens is 1. The van der Waals surface area contributed by atoms with Crippen LogP contribution < -0.4 is 20.1 Å². The van der Waals surface area contributed by atoms with Crippen molar-refractivity contribution in [2.75, 3.05) is 33.4 Å². The normalized spacial score (nSPS) is 16.7. The Kier molecular flexibility index (Phi) is 8.68. The molecule has 1 aromatic carbocycles. The highest BCUT2D eigenvalue weighted by molar-refractivity contribution is 5.95. The van der Waals surface area contributed by atoms with Crippen LogP contribution >= 0.6 is 12.4 Å². The molecule has 0 spiro atoms. The number of hydrogen-bond acceptors (Lipinski definition) is 5. The molecule has 1 atom stereocenters. The van der Waals surface area contributed by atoms with E-state index in [0.29, 0.717) is 23.6 Å². The Labute approximate surface area is 160 Å². The molecule has 0 saturated carbocycles. The minimum atomic E-state index is -0.202. The van der Waals surface area contributed by atoms with Crippen LogP contribution in [-0.2, 0) is 4.79 Å². The Morgan fingerprint density at radius 3 is 2.69 bits per heavy atom. The summed E-state index contributed by atoms with van der Waals surface area (Å²) in [5.41, 5.74) is 0.546. The topological polar surface area (TPSA) is 79.9 Å². The van der Waals surface area contributed by atoms with E-state index in [1.54, 1.807) is 18.2 Å². The van der Waals surface area contributed by atoms with E-state index in [0.717, 1.165) is 13.1 Å². The maximum absolute atomic E-state index is 12.7. The number of hydrogen-bond donors (Lipinski definition) is 2. The fourth-order valence-electron chi connectivity index (χ4n) is 2.74. The second-order valence-corrected chi connectivity index (χ2v) is 6.43. The molecular formula is C18H28ClN3O4. The minimum absolute atomic E-state index is 0. The average molecular weight is 386 g/mol. The molecule has 0 aromatic heterocycles. The van der Waals surface area contributed by atoms with Gasteiger partial charge in [-0.2, -0.15) is 0 Å². The van der Waals surface area contributed by atoms with Crippen LogP contribution in [0.4, 0.5) is 0 Å². The summed E-state index contributed by atoms with van der Waals surface area (Å²) in [5, 5.41) is 6.02. The first-order chi connectivity index (χ1) is 11.9. The Balaban J connectivity index is 0.00000338. The highest BCUT2D eigenvalue weighted by atomic mass is 35.5. The number of nitrogens with one attached hydrogen (secondary N) is 2. The van der Waals surface area contributed by atoms with Crippen LogP contribution in [0.25, 0.3) is 0 Å². The van der Waals surface area contributed by atoms with Crippen LogP contribution in [-0.4, -0.2) is 62.1 Å². The van der Waals surface area contributed by atoms with E-state index in [-0.39, 0.29) is 42.9 Å². The number of amides is 2. The molecule has 1 aromatic rings. The molecule has 1 fully saturated rings. The lowest BCUT2D eigenvalue weighted by Gasteiger charge is -2.34. The average Bonchev–Trinajstić information content (AvgIpc) is 2.59. The summed E-state index contributed by atoms with van der Waals surface area (Å²) >= 11 is 0. The van der Waals surface area contributed by atoms with Crippen molar-refractivity contribution in [2.24, 2.45) is 0 Å². The molecule has 7 nitrogen and oxygen atoms in total. The van der Waals surface area contributed by atoms with Gasteiger partial charge in [-0.15, -0.1) is 12.4 Å². The monoisotopic (exact) mass is 385 g/mol. The second kappa shape index (κ2) is 10.2. The molecule has 1 heterocycles. The number of methoxy groups -OCH3 is 1. The van der Waals surface area contributed by atoms with Gasteiger partial charge in [0.1, 0.15) is 0 Å². The summed E-state index contributed by atoms with van der Waals surface area (Å²) in [4.78, 5) is 26.3. The molecule has 146 valence electrons. The van der Waals surface area contributed by atoms with Crippen molar-refractivity contribution in [1.29, 1.82) is 0 Å². The van der Waals surface area contributed by atoms with E-state index < -0.39 is 0 Å². The van der Waals surface area contributed by atoms with Gasteiger partial charge in [0.25, 0.3) is 11.8 Å². The molecule has 0 aliphatic carbocycles. The predicted octanol–water partition coefficient (Wildman–Crippen LogP) is 1.45. The fourth-order valence-corrected chi connectivity index (χ4v) is 2.74. The Morgan fingerprint density at radius 1 is 1.35 bits per heavy atom. The molecule has 2 N–H and O–H groups in total. The molecule has 1 unspecified atom stereocenters. The van der Waals surface area contributed by atoms with Crippen molar-refractivity contribution in [3.63, 3.8) is 0 Å². The van der Waals surface area contributed by atoms with Crippen molar-refractivity contribution in [3.8, 4) is 11.5 Å². The van der Waals surface area contributed by atoms with Crippen molar-refractivity contribution < 1.29 is 19.1 Å². The van der Waals surface area contributed by atoms with Crippen LogP contribution in [0.2, 0.25) is 0 Å². The molecule has 0 bridgehead atoms. The van der Waals surface area contributed by atoms with Gasteiger partial charge in [-0.05, 0) is 39.0 Å². The Morgan fingerprint density at radius 2 is 2.08 bits per heavy atom. The lowest BCUT2D eigenvalue weighted by Crippen LogP contribution is -2.52. The molecule has 1 saturated heterocycles. The highest BCUT2D eigenvalue weighted by Gasteiger charge is 2.24. The first kappa shape index (κ1) is 22.1. The molecule has 2 rings (SSSR count). The van der Waals surface area contributed by atoms with E-state index in [2.05, 4.69) is 10.6 Å². The van der Waals surface area contributed by atoms with Gasteiger partial charge in [-0.1, -0.05) is 0 Å².